The van der Waals surface area contributed by atoms with Crippen LogP contribution in [0.1, 0.15) is 219 Å². The zero-order valence-electron chi connectivity index (χ0n) is 38.2. The van der Waals surface area contributed by atoms with Gasteiger partial charge in [-0.1, -0.05) is 180 Å². The fourth-order valence-electron chi connectivity index (χ4n) is 7.64. The summed E-state index contributed by atoms with van der Waals surface area (Å²) >= 11 is 0. The van der Waals surface area contributed by atoms with Gasteiger partial charge in [0, 0.05) is 12.8 Å². The van der Waals surface area contributed by atoms with Gasteiger partial charge in [-0.3, -0.25) is 18.6 Å². The van der Waals surface area contributed by atoms with Crippen LogP contribution in [0.2, 0.25) is 0 Å². The van der Waals surface area contributed by atoms with E-state index in [1.165, 1.54) is 128 Å². The Balaban J connectivity index is 2.41. The number of phosphoric acid groups is 1. The zero-order chi connectivity index (χ0) is 45.0. The summed E-state index contributed by atoms with van der Waals surface area (Å²) in [6.07, 6.45) is 26.9. The molecule has 0 aromatic heterocycles. The van der Waals surface area contributed by atoms with E-state index in [-0.39, 0.29) is 12.8 Å². The van der Waals surface area contributed by atoms with Crippen molar-refractivity contribution in [3.63, 3.8) is 0 Å². The highest BCUT2D eigenvalue weighted by molar-refractivity contribution is 7.47. The molecule has 14 heteroatoms. The highest BCUT2D eigenvalue weighted by Crippen LogP contribution is 2.47. The first-order valence-electron chi connectivity index (χ1n) is 24.5. The minimum absolute atomic E-state index is 0.0988. The number of ether oxygens (including phenoxy) is 2. The SMILES string of the molecule is CCCCCCCC/C=C\CCCCCCCCCCCC(=O)OC(COC(=O)CCCCCCCCCCCCCCC)COP(=O)(O)OC1C(O)C(O)C(O)C(O)C1O. The third-order valence-corrected chi connectivity index (χ3v) is 12.6. The first kappa shape index (κ1) is 57.6. The number of phosphoric ester groups is 1. The molecule has 0 saturated heterocycles. The average molecular weight is 893 g/mol. The Kier molecular flexibility index (Phi) is 35.8. The molecule has 6 atom stereocenters. The van der Waals surface area contributed by atoms with Gasteiger partial charge in [0.05, 0.1) is 6.61 Å². The van der Waals surface area contributed by atoms with Crippen molar-refractivity contribution in [1.29, 1.82) is 0 Å². The van der Waals surface area contributed by atoms with E-state index in [0.29, 0.717) is 12.8 Å². The van der Waals surface area contributed by atoms with Crippen LogP contribution in [0.4, 0.5) is 0 Å². The summed E-state index contributed by atoms with van der Waals surface area (Å²) in [6, 6.07) is 0. The van der Waals surface area contributed by atoms with E-state index < -0.39 is 75.7 Å². The van der Waals surface area contributed by atoms with Gasteiger partial charge in [-0.15, -0.1) is 0 Å². The fourth-order valence-corrected chi connectivity index (χ4v) is 8.61. The van der Waals surface area contributed by atoms with E-state index >= 15 is 0 Å². The van der Waals surface area contributed by atoms with Crippen LogP contribution in [0.25, 0.3) is 0 Å². The summed E-state index contributed by atoms with van der Waals surface area (Å²) in [5.74, 6) is -1.09. The second-order valence-electron chi connectivity index (χ2n) is 17.3. The van der Waals surface area contributed by atoms with Crippen LogP contribution in [-0.2, 0) is 32.7 Å². The van der Waals surface area contributed by atoms with Crippen molar-refractivity contribution in [3.05, 3.63) is 12.2 Å². The Morgan fingerprint density at radius 1 is 0.492 bits per heavy atom. The molecule has 1 fully saturated rings. The predicted octanol–water partition coefficient (Wildman–Crippen LogP) is 9.84. The standard InChI is InChI=1S/C47H89O13P/c1-3-5-7-9-11-13-15-17-18-19-20-21-22-24-26-28-30-32-34-36-41(49)59-39(38-58-61(55,56)60-47-45(53)43(51)42(50)44(52)46(47)54)37-57-40(48)35-33-31-29-27-25-23-16-14-12-10-8-6-4-2/h17-18,39,42-47,50-54H,3-16,19-38H2,1-2H3,(H,55,56)/b18-17-. The van der Waals surface area contributed by atoms with Crippen LogP contribution < -0.4 is 0 Å². The average Bonchev–Trinajstić information content (AvgIpc) is 3.24. The van der Waals surface area contributed by atoms with Crippen molar-refractivity contribution < 1.29 is 63.1 Å². The number of hydrogen-bond donors (Lipinski definition) is 6. The molecule has 61 heavy (non-hydrogen) atoms. The maximum atomic E-state index is 12.8. The van der Waals surface area contributed by atoms with Crippen LogP contribution in [0, 0.1) is 0 Å². The van der Waals surface area contributed by atoms with Gasteiger partial charge in [-0.25, -0.2) is 4.57 Å². The summed E-state index contributed by atoms with van der Waals surface area (Å²) in [7, 11) is -5.11. The molecule has 0 aromatic rings. The van der Waals surface area contributed by atoms with E-state index in [1.807, 2.05) is 0 Å². The van der Waals surface area contributed by atoms with Crippen LogP contribution in [0.15, 0.2) is 12.2 Å². The van der Waals surface area contributed by atoms with Crippen molar-refractivity contribution >= 4 is 19.8 Å². The van der Waals surface area contributed by atoms with Crippen molar-refractivity contribution in [3.8, 4) is 0 Å². The van der Waals surface area contributed by atoms with Gasteiger partial charge in [-0.05, 0) is 38.5 Å². The number of rotatable bonds is 41. The smallest absolute Gasteiger partial charge is 0.462 e. The van der Waals surface area contributed by atoms with Crippen LogP contribution in [-0.4, -0.2) is 98.3 Å². The molecule has 0 spiro atoms. The van der Waals surface area contributed by atoms with Gasteiger partial charge in [-0.2, -0.15) is 0 Å². The quantitative estimate of drug-likeness (QED) is 0.0146. The first-order chi connectivity index (χ1) is 29.4. The predicted molar refractivity (Wildman–Crippen MR) is 240 cm³/mol. The Morgan fingerprint density at radius 2 is 0.836 bits per heavy atom. The second kappa shape index (κ2) is 37.9. The van der Waals surface area contributed by atoms with Gasteiger partial charge in [0.2, 0.25) is 0 Å². The molecule has 13 nitrogen and oxygen atoms in total. The number of allylic oxidation sites excluding steroid dienone is 2. The van der Waals surface area contributed by atoms with Gasteiger partial charge < -0.3 is 39.9 Å². The normalized spacial score (nSPS) is 22.0. The summed E-state index contributed by atoms with van der Waals surface area (Å²) < 4.78 is 33.6. The number of carbonyl (C=O) groups excluding carboxylic acids is 2. The van der Waals surface area contributed by atoms with Crippen molar-refractivity contribution in [2.45, 2.75) is 262 Å². The molecule has 1 saturated carbocycles. The minimum atomic E-state index is -5.11. The first-order valence-corrected chi connectivity index (χ1v) is 26.0. The number of aliphatic hydroxyl groups is 5. The van der Waals surface area contributed by atoms with E-state index in [4.69, 9.17) is 18.5 Å². The maximum absolute atomic E-state index is 12.8. The highest BCUT2D eigenvalue weighted by atomic mass is 31.2. The lowest BCUT2D eigenvalue weighted by molar-refractivity contribution is -0.220. The molecule has 1 aliphatic rings. The fraction of sp³-hybridized carbons (Fsp3) is 0.915. The van der Waals surface area contributed by atoms with Crippen molar-refractivity contribution in [1.82, 2.24) is 0 Å². The van der Waals surface area contributed by atoms with Gasteiger partial charge >= 0.3 is 19.8 Å². The number of esters is 2. The summed E-state index contributed by atoms with van der Waals surface area (Å²) in [4.78, 5) is 35.7. The molecule has 0 aliphatic heterocycles. The molecule has 0 heterocycles. The summed E-state index contributed by atoms with van der Waals surface area (Å²) in [5, 5.41) is 50.2. The summed E-state index contributed by atoms with van der Waals surface area (Å²) in [5.41, 5.74) is 0. The highest BCUT2D eigenvalue weighted by Gasteiger charge is 2.51. The molecular weight excluding hydrogens is 803 g/mol. The molecule has 6 unspecified atom stereocenters. The third kappa shape index (κ3) is 30.4. The minimum Gasteiger partial charge on any atom is -0.462 e. The van der Waals surface area contributed by atoms with Gasteiger partial charge in [0.15, 0.2) is 6.10 Å². The van der Waals surface area contributed by atoms with E-state index in [2.05, 4.69) is 26.0 Å². The lowest BCUT2D eigenvalue weighted by Gasteiger charge is -2.41. The topological polar surface area (TPSA) is 210 Å². The molecule has 0 radical (unpaired) electrons. The van der Waals surface area contributed by atoms with Crippen molar-refractivity contribution in [2.75, 3.05) is 13.2 Å². The molecule has 1 rings (SSSR count). The zero-order valence-corrected chi connectivity index (χ0v) is 39.1. The van der Waals surface area contributed by atoms with E-state index in [0.717, 1.165) is 51.4 Å². The number of unbranched alkanes of at least 4 members (excludes halogenated alkanes) is 27. The monoisotopic (exact) mass is 893 g/mol. The van der Waals surface area contributed by atoms with Crippen molar-refractivity contribution in [2.24, 2.45) is 0 Å². The lowest BCUT2D eigenvalue weighted by Crippen LogP contribution is -2.64. The van der Waals surface area contributed by atoms with Crippen LogP contribution >= 0.6 is 7.82 Å². The lowest BCUT2D eigenvalue weighted by atomic mass is 9.85. The van der Waals surface area contributed by atoms with E-state index in [9.17, 15) is 44.6 Å². The molecule has 0 aromatic carbocycles. The number of aliphatic hydroxyl groups excluding tert-OH is 5. The van der Waals surface area contributed by atoms with Crippen LogP contribution in [0.3, 0.4) is 0 Å². The Morgan fingerprint density at radius 3 is 1.25 bits per heavy atom. The molecule has 0 amide bonds. The van der Waals surface area contributed by atoms with E-state index in [1.54, 1.807) is 0 Å². The van der Waals surface area contributed by atoms with Gasteiger partial charge in [0.1, 0.15) is 43.2 Å². The molecule has 360 valence electrons. The Hall–Kier alpha value is -1.41. The largest absolute Gasteiger partial charge is 0.472 e. The molecule has 1 aliphatic carbocycles. The van der Waals surface area contributed by atoms with Crippen LogP contribution in [0.5, 0.6) is 0 Å². The summed E-state index contributed by atoms with van der Waals surface area (Å²) in [6.45, 7) is 3.31. The maximum Gasteiger partial charge on any atom is 0.472 e. The Bertz CT molecular complexity index is 1120. The Labute approximate surface area is 369 Å². The second-order valence-corrected chi connectivity index (χ2v) is 18.7. The van der Waals surface area contributed by atoms with Gasteiger partial charge in [0.25, 0.3) is 0 Å². The molecule has 0 bridgehead atoms. The third-order valence-electron chi connectivity index (χ3n) is 11.6. The molecule has 6 N–H and O–H groups in total. The number of carbonyl (C=O) groups is 2. The molecular formula is C47H89O13P. The number of hydrogen-bond acceptors (Lipinski definition) is 12.